The predicted octanol–water partition coefficient (Wildman–Crippen LogP) is 0.703. The Balaban J connectivity index is 2.32. The number of nitro benzene ring substituents is 1. The molecular formula is C12H13N3O5. The number of nitrogen functional groups attached to an aromatic ring is 1. The molecule has 1 aliphatic heterocycles. The van der Waals surface area contributed by atoms with Crippen LogP contribution in [-0.2, 0) is 14.3 Å². The average Bonchev–Trinajstić information content (AvgIpc) is 2.80. The second-order valence-corrected chi connectivity index (χ2v) is 4.43. The Kier molecular flexibility index (Phi) is 3.55. The van der Waals surface area contributed by atoms with Crippen molar-refractivity contribution in [2.45, 2.75) is 6.42 Å². The van der Waals surface area contributed by atoms with Gasteiger partial charge in [-0.2, -0.15) is 0 Å². The van der Waals surface area contributed by atoms with Gasteiger partial charge in [0, 0.05) is 25.1 Å². The van der Waals surface area contributed by atoms with Crippen molar-refractivity contribution in [3.05, 3.63) is 28.3 Å². The van der Waals surface area contributed by atoms with Crippen molar-refractivity contribution in [3.63, 3.8) is 0 Å². The lowest BCUT2D eigenvalue weighted by Gasteiger charge is -2.18. The molecule has 1 unspecified atom stereocenters. The van der Waals surface area contributed by atoms with Crippen molar-refractivity contribution in [3.8, 4) is 0 Å². The van der Waals surface area contributed by atoms with Crippen LogP contribution in [0.25, 0.3) is 0 Å². The number of amides is 1. The van der Waals surface area contributed by atoms with Crippen molar-refractivity contribution in [2.24, 2.45) is 5.92 Å². The number of carbonyl (C=O) groups excluding carboxylic acids is 2. The lowest BCUT2D eigenvalue weighted by Crippen LogP contribution is -2.27. The van der Waals surface area contributed by atoms with E-state index in [2.05, 4.69) is 4.74 Å². The Hall–Kier alpha value is -2.64. The fourth-order valence-electron chi connectivity index (χ4n) is 2.14. The first-order valence-corrected chi connectivity index (χ1v) is 5.86. The zero-order valence-electron chi connectivity index (χ0n) is 10.7. The van der Waals surface area contributed by atoms with Gasteiger partial charge in [0.15, 0.2) is 0 Å². The third kappa shape index (κ3) is 2.40. The highest BCUT2D eigenvalue weighted by atomic mass is 16.6. The number of hydrogen-bond donors (Lipinski definition) is 1. The summed E-state index contributed by atoms with van der Waals surface area (Å²) in [6.45, 7) is 0.108. The molecule has 2 N–H and O–H groups in total. The molecule has 0 bridgehead atoms. The number of esters is 1. The molecular weight excluding hydrogens is 266 g/mol. The molecule has 106 valence electrons. The molecule has 2 rings (SSSR count). The van der Waals surface area contributed by atoms with Gasteiger partial charge in [-0.3, -0.25) is 19.7 Å². The van der Waals surface area contributed by atoms with Crippen LogP contribution >= 0.6 is 0 Å². The van der Waals surface area contributed by atoms with Crippen LogP contribution in [0.15, 0.2) is 18.2 Å². The first-order chi connectivity index (χ1) is 9.43. The molecule has 0 radical (unpaired) electrons. The highest BCUT2D eigenvalue weighted by Crippen LogP contribution is 2.33. The van der Waals surface area contributed by atoms with E-state index in [1.54, 1.807) is 0 Å². The topological polar surface area (TPSA) is 116 Å². The lowest BCUT2D eigenvalue weighted by molar-refractivity contribution is -0.384. The van der Waals surface area contributed by atoms with E-state index >= 15 is 0 Å². The number of carbonyl (C=O) groups is 2. The standard InChI is InChI=1S/C12H13N3O5/c1-20-12(17)7-4-11(16)14(6-7)10-5-8(15(18)19)2-3-9(10)13/h2-3,5,7H,4,6,13H2,1H3. The first-order valence-electron chi connectivity index (χ1n) is 5.86. The van der Waals surface area contributed by atoms with Gasteiger partial charge in [0.2, 0.25) is 5.91 Å². The Bertz CT molecular complexity index is 586. The summed E-state index contributed by atoms with van der Waals surface area (Å²) in [5, 5.41) is 10.8. The summed E-state index contributed by atoms with van der Waals surface area (Å²) in [7, 11) is 1.25. The van der Waals surface area contributed by atoms with Gasteiger partial charge >= 0.3 is 5.97 Å². The maximum absolute atomic E-state index is 11.9. The van der Waals surface area contributed by atoms with Crippen LogP contribution in [0.4, 0.5) is 17.1 Å². The molecule has 20 heavy (non-hydrogen) atoms. The van der Waals surface area contributed by atoms with Crippen molar-refractivity contribution < 1.29 is 19.2 Å². The minimum absolute atomic E-state index is 0.00874. The van der Waals surface area contributed by atoms with Crippen LogP contribution < -0.4 is 10.6 Å². The number of methoxy groups -OCH3 is 1. The van der Waals surface area contributed by atoms with Gasteiger partial charge in [-0.15, -0.1) is 0 Å². The van der Waals surface area contributed by atoms with Crippen molar-refractivity contribution in [1.82, 2.24) is 0 Å². The Labute approximate surface area is 114 Å². The molecule has 1 fully saturated rings. The number of hydrogen-bond acceptors (Lipinski definition) is 6. The number of anilines is 2. The fraction of sp³-hybridized carbons (Fsp3) is 0.333. The van der Waals surface area contributed by atoms with Gasteiger partial charge in [-0.25, -0.2) is 0 Å². The number of benzene rings is 1. The van der Waals surface area contributed by atoms with Gasteiger partial charge in [0.1, 0.15) is 0 Å². The van der Waals surface area contributed by atoms with Gasteiger partial charge in [-0.1, -0.05) is 0 Å². The maximum Gasteiger partial charge on any atom is 0.311 e. The number of non-ortho nitro benzene ring substituents is 1. The Morgan fingerprint density at radius 1 is 1.55 bits per heavy atom. The summed E-state index contributed by atoms with van der Waals surface area (Å²) in [5.41, 5.74) is 6.08. The van der Waals surface area contributed by atoms with Crippen LogP contribution in [0, 0.1) is 16.0 Å². The lowest BCUT2D eigenvalue weighted by atomic mass is 10.1. The summed E-state index contributed by atoms with van der Waals surface area (Å²) in [6, 6.07) is 3.86. The quantitative estimate of drug-likeness (QED) is 0.377. The van der Waals surface area contributed by atoms with Crippen LogP contribution in [0.5, 0.6) is 0 Å². The zero-order valence-corrected chi connectivity index (χ0v) is 10.7. The molecule has 1 aromatic rings. The minimum Gasteiger partial charge on any atom is -0.469 e. The van der Waals surface area contributed by atoms with E-state index in [1.807, 2.05) is 0 Å². The molecule has 8 heteroatoms. The molecule has 1 amide bonds. The second-order valence-electron chi connectivity index (χ2n) is 4.43. The SMILES string of the molecule is COC(=O)C1CC(=O)N(c2cc([N+](=O)[O-])ccc2N)C1. The smallest absolute Gasteiger partial charge is 0.311 e. The largest absolute Gasteiger partial charge is 0.469 e. The molecule has 0 aliphatic carbocycles. The first kappa shape index (κ1) is 13.8. The molecule has 1 aromatic carbocycles. The molecule has 1 aliphatic rings. The predicted molar refractivity (Wildman–Crippen MR) is 70.0 cm³/mol. The van der Waals surface area contributed by atoms with Crippen LogP contribution in [0.3, 0.4) is 0 Å². The zero-order chi connectivity index (χ0) is 14.9. The van der Waals surface area contributed by atoms with Gasteiger partial charge in [0.05, 0.1) is 29.3 Å². The number of rotatable bonds is 3. The van der Waals surface area contributed by atoms with Gasteiger partial charge < -0.3 is 15.4 Å². The molecule has 0 spiro atoms. The Morgan fingerprint density at radius 3 is 2.85 bits per heavy atom. The number of nitrogens with zero attached hydrogens (tertiary/aromatic N) is 2. The fourth-order valence-corrected chi connectivity index (χ4v) is 2.14. The summed E-state index contributed by atoms with van der Waals surface area (Å²) in [5.74, 6) is -1.37. The average molecular weight is 279 g/mol. The molecule has 8 nitrogen and oxygen atoms in total. The van der Waals surface area contributed by atoms with Crippen LogP contribution in [-0.4, -0.2) is 30.5 Å². The van der Waals surface area contributed by atoms with E-state index in [0.29, 0.717) is 0 Å². The van der Waals surface area contributed by atoms with Gasteiger partial charge in [-0.05, 0) is 6.07 Å². The third-order valence-corrected chi connectivity index (χ3v) is 3.18. The number of nitro groups is 1. The normalized spacial score (nSPS) is 18.1. The van der Waals surface area contributed by atoms with Crippen LogP contribution in [0.2, 0.25) is 0 Å². The molecule has 1 heterocycles. The molecule has 1 atom stereocenters. The number of ether oxygens (including phenoxy) is 1. The maximum atomic E-state index is 11.9. The van der Waals surface area contributed by atoms with Crippen molar-refractivity contribution in [2.75, 3.05) is 24.3 Å². The van der Waals surface area contributed by atoms with E-state index in [9.17, 15) is 19.7 Å². The van der Waals surface area contributed by atoms with E-state index in [4.69, 9.17) is 5.73 Å². The Morgan fingerprint density at radius 2 is 2.25 bits per heavy atom. The molecule has 0 aromatic heterocycles. The molecule has 1 saturated heterocycles. The monoisotopic (exact) mass is 279 g/mol. The van der Waals surface area contributed by atoms with E-state index in [0.717, 1.165) is 0 Å². The van der Waals surface area contributed by atoms with Gasteiger partial charge in [0.25, 0.3) is 5.69 Å². The van der Waals surface area contributed by atoms with E-state index in [-0.39, 0.29) is 35.9 Å². The van der Waals surface area contributed by atoms with E-state index in [1.165, 1.54) is 30.2 Å². The van der Waals surface area contributed by atoms with Crippen molar-refractivity contribution in [1.29, 1.82) is 0 Å². The van der Waals surface area contributed by atoms with Crippen LogP contribution in [0.1, 0.15) is 6.42 Å². The third-order valence-electron chi connectivity index (χ3n) is 3.18. The summed E-state index contributed by atoms with van der Waals surface area (Å²) in [6.07, 6.45) is 0.00874. The molecule has 0 saturated carbocycles. The van der Waals surface area contributed by atoms with Crippen molar-refractivity contribution >= 4 is 28.9 Å². The summed E-state index contributed by atoms with van der Waals surface area (Å²) in [4.78, 5) is 34.9. The second kappa shape index (κ2) is 5.16. The number of nitrogens with two attached hydrogens (primary N) is 1. The van der Waals surface area contributed by atoms with E-state index < -0.39 is 16.8 Å². The highest BCUT2D eigenvalue weighted by molar-refractivity contribution is 6.01. The minimum atomic E-state index is -0.578. The summed E-state index contributed by atoms with van der Waals surface area (Å²) < 4.78 is 4.60. The summed E-state index contributed by atoms with van der Waals surface area (Å²) >= 11 is 0. The highest BCUT2D eigenvalue weighted by Gasteiger charge is 2.36.